The molecular formula is C23H21F9N2O5. The van der Waals surface area contributed by atoms with Gasteiger partial charge in [0, 0.05) is 37.5 Å². The van der Waals surface area contributed by atoms with Crippen LogP contribution in [0.5, 0.6) is 0 Å². The number of alkyl carbamates (subject to hydrolysis) is 1. The second-order valence-corrected chi connectivity index (χ2v) is 7.83. The van der Waals surface area contributed by atoms with Gasteiger partial charge < -0.3 is 20.1 Å². The highest BCUT2D eigenvalue weighted by Crippen LogP contribution is 2.37. The maximum atomic E-state index is 13.1. The number of carboxylic acid groups (broad SMARTS) is 1. The van der Waals surface area contributed by atoms with Crippen LogP contribution >= 0.6 is 0 Å². The van der Waals surface area contributed by atoms with Gasteiger partial charge in [0.15, 0.2) is 5.78 Å². The van der Waals surface area contributed by atoms with Crippen molar-refractivity contribution in [1.29, 1.82) is 0 Å². The SMILES string of the molecule is COC(=O)NCCc1cc(C(=O)c2cc(C(F)(F)F)cc(C(F)(F)F)c2)ccc1N(C)C.O=C(O)C(F)(F)F. The highest BCUT2D eigenvalue weighted by atomic mass is 19.4. The number of methoxy groups -OCH3 is 1. The lowest BCUT2D eigenvalue weighted by atomic mass is 9.95. The number of carboxylic acids is 1. The zero-order chi connectivity index (χ0) is 30.3. The molecule has 0 heterocycles. The smallest absolute Gasteiger partial charge is 0.475 e. The van der Waals surface area contributed by atoms with Crippen LogP contribution in [-0.4, -0.2) is 56.9 Å². The Balaban J connectivity index is 0.000000956. The van der Waals surface area contributed by atoms with Gasteiger partial charge in [0.25, 0.3) is 0 Å². The molecule has 0 unspecified atom stereocenters. The third-order valence-electron chi connectivity index (χ3n) is 4.76. The number of amides is 1. The van der Waals surface area contributed by atoms with Gasteiger partial charge in [-0.2, -0.15) is 39.5 Å². The van der Waals surface area contributed by atoms with Gasteiger partial charge in [-0.25, -0.2) is 9.59 Å². The first-order valence-electron chi connectivity index (χ1n) is 10.4. The predicted molar refractivity (Wildman–Crippen MR) is 118 cm³/mol. The summed E-state index contributed by atoms with van der Waals surface area (Å²) in [4.78, 5) is 34.7. The number of ether oxygens (including phenoxy) is 1. The molecule has 0 bridgehead atoms. The highest BCUT2D eigenvalue weighted by molar-refractivity contribution is 6.09. The van der Waals surface area contributed by atoms with E-state index in [-0.39, 0.29) is 24.6 Å². The number of hydrogen-bond donors (Lipinski definition) is 2. The molecule has 0 aliphatic carbocycles. The van der Waals surface area contributed by atoms with Crippen molar-refractivity contribution in [2.24, 2.45) is 0 Å². The first-order valence-corrected chi connectivity index (χ1v) is 10.4. The molecule has 2 aromatic carbocycles. The largest absolute Gasteiger partial charge is 0.490 e. The lowest BCUT2D eigenvalue weighted by molar-refractivity contribution is -0.192. The van der Waals surface area contributed by atoms with Crippen molar-refractivity contribution in [1.82, 2.24) is 5.32 Å². The van der Waals surface area contributed by atoms with Crippen molar-refractivity contribution in [2.75, 3.05) is 32.6 Å². The van der Waals surface area contributed by atoms with Crippen LogP contribution in [0.2, 0.25) is 0 Å². The molecule has 7 nitrogen and oxygen atoms in total. The summed E-state index contributed by atoms with van der Waals surface area (Å²) in [5.41, 5.74) is -2.74. The van der Waals surface area contributed by atoms with E-state index in [0.29, 0.717) is 23.4 Å². The number of ketones is 1. The number of carbonyl (C=O) groups is 3. The molecule has 2 N–H and O–H groups in total. The lowest BCUT2D eigenvalue weighted by Crippen LogP contribution is -2.26. The molecule has 0 aromatic heterocycles. The molecule has 0 aliphatic heterocycles. The van der Waals surface area contributed by atoms with Crippen LogP contribution in [0.15, 0.2) is 36.4 Å². The number of nitrogens with zero attached hydrogens (tertiary/aromatic N) is 1. The third kappa shape index (κ3) is 10.0. The zero-order valence-corrected chi connectivity index (χ0v) is 20.3. The summed E-state index contributed by atoms with van der Waals surface area (Å²) in [6.45, 7) is 0.132. The normalized spacial score (nSPS) is 11.7. The van der Waals surface area contributed by atoms with Gasteiger partial charge in [0.1, 0.15) is 0 Å². The molecule has 0 atom stereocenters. The molecule has 0 fully saturated rings. The molecule has 216 valence electrons. The van der Waals surface area contributed by atoms with Crippen LogP contribution in [0.3, 0.4) is 0 Å². The molecular weight excluding hydrogens is 555 g/mol. The molecule has 0 radical (unpaired) electrons. The van der Waals surface area contributed by atoms with E-state index in [1.54, 1.807) is 19.0 Å². The summed E-state index contributed by atoms with van der Waals surface area (Å²) >= 11 is 0. The van der Waals surface area contributed by atoms with E-state index >= 15 is 0 Å². The monoisotopic (exact) mass is 576 g/mol. The van der Waals surface area contributed by atoms with E-state index in [4.69, 9.17) is 9.90 Å². The topological polar surface area (TPSA) is 95.9 Å². The number of benzene rings is 2. The van der Waals surface area contributed by atoms with Crippen molar-refractivity contribution in [3.63, 3.8) is 0 Å². The standard InChI is InChI=1S/C21H20F6N2O3.C2HF3O2/c1-29(2)17-5-4-13(8-12(17)6-7-28-19(31)32-3)18(30)14-9-15(20(22,23)24)11-16(10-14)21(25,26)27;3-2(4,5)1(6)7/h4-5,8-11H,6-7H2,1-3H3,(H,28,31);(H,6,7). The molecule has 39 heavy (non-hydrogen) atoms. The number of carbonyl (C=O) groups excluding carboxylic acids is 2. The van der Waals surface area contributed by atoms with E-state index in [0.717, 1.165) is 0 Å². The van der Waals surface area contributed by atoms with Gasteiger partial charge in [-0.1, -0.05) is 0 Å². The number of anilines is 1. The number of rotatable bonds is 6. The Kier molecular flexibility index (Phi) is 10.8. The number of hydrogen-bond acceptors (Lipinski definition) is 5. The Morgan fingerprint density at radius 1 is 0.846 bits per heavy atom. The second kappa shape index (κ2) is 12.7. The van der Waals surface area contributed by atoms with Crippen LogP contribution in [-0.2, 0) is 28.3 Å². The molecule has 2 rings (SSSR count). The summed E-state index contributed by atoms with van der Waals surface area (Å²) in [7, 11) is 4.62. The number of aliphatic carboxylic acids is 1. The van der Waals surface area contributed by atoms with Crippen LogP contribution in [0.1, 0.15) is 32.6 Å². The summed E-state index contributed by atoms with van der Waals surface area (Å²) in [5.74, 6) is -3.75. The Morgan fingerprint density at radius 3 is 1.72 bits per heavy atom. The van der Waals surface area contributed by atoms with Crippen molar-refractivity contribution < 1.29 is 63.7 Å². The fraction of sp³-hybridized carbons (Fsp3) is 0.348. The second-order valence-electron chi connectivity index (χ2n) is 7.83. The van der Waals surface area contributed by atoms with Crippen molar-refractivity contribution in [3.05, 3.63) is 64.2 Å². The maximum absolute atomic E-state index is 13.1. The van der Waals surface area contributed by atoms with E-state index < -0.39 is 53.1 Å². The summed E-state index contributed by atoms with van der Waals surface area (Å²) in [6, 6.07) is 4.99. The number of halogens is 9. The Bertz CT molecular complexity index is 1160. The number of nitrogens with one attached hydrogen (secondary N) is 1. The minimum Gasteiger partial charge on any atom is -0.475 e. The molecule has 0 saturated heterocycles. The van der Waals surface area contributed by atoms with Crippen LogP contribution in [0.4, 0.5) is 50.0 Å². The van der Waals surface area contributed by atoms with Gasteiger partial charge in [-0.05, 0) is 48.4 Å². The lowest BCUT2D eigenvalue weighted by Gasteiger charge is -2.19. The average Bonchev–Trinajstić information content (AvgIpc) is 2.81. The highest BCUT2D eigenvalue weighted by Gasteiger charge is 2.38. The Morgan fingerprint density at radius 2 is 1.33 bits per heavy atom. The summed E-state index contributed by atoms with van der Waals surface area (Å²) in [6.07, 6.45) is -15.6. The van der Waals surface area contributed by atoms with Crippen molar-refractivity contribution >= 4 is 23.5 Å². The van der Waals surface area contributed by atoms with Gasteiger partial charge in [0.2, 0.25) is 0 Å². The van der Waals surface area contributed by atoms with Crippen molar-refractivity contribution in [3.8, 4) is 0 Å². The van der Waals surface area contributed by atoms with Crippen molar-refractivity contribution in [2.45, 2.75) is 24.9 Å². The summed E-state index contributed by atoms with van der Waals surface area (Å²) < 4.78 is 115. The fourth-order valence-electron chi connectivity index (χ4n) is 2.99. The first-order chi connectivity index (χ1) is 17.7. The minimum atomic E-state index is -5.08. The maximum Gasteiger partial charge on any atom is 0.490 e. The van der Waals surface area contributed by atoms with Crippen LogP contribution in [0.25, 0.3) is 0 Å². The molecule has 0 spiro atoms. The van der Waals surface area contributed by atoms with Gasteiger partial charge in [-0.3, -0.25) is 4.79 Å². The van der Waals surface area contributed by atoms with E-state index in [9.17, 15) is 49.1 Å². The van der Waals surface area contributed by atoms with Gasteiger partial charge in [0.05, 0.1) is 18.2 Å². The predicted octanol–water partition coefficient (Wildman–Crippen LogP) is 5.55. The quantitative estimate of drug-likeness (QED) is 0.346. The Labute approximate surface area is 215 Å². The number of alkyl halides is 9. The van der Waals surface area contributed by atoms with E-state index in [1.165, 1.54) is 25.3 Å². The zero-order valence-electron chi connectivity index (χ0n) is 20.3. The molecule has 0 saturated carbocycles. The molecule has 2 aromatic rings. The van der Waals surface area contributed by atoms with Gasteiger partial charge >= 0.3 is 30.6 Å². The van der Waals surface area contributed by atoms with E-state index in [1.807, 2.05) is 0 Å². The van der Waals surface area contributed by atoms with Crippen LogP contribution < -0.4 is 10.2 Å². The first kappa shape index (κ1) is 33.0. The minimum absolute atomic E-state index is 0.0319. The van der Waals surface area contributed by atoms with Gasteiger partial charge in [-0.15, -0.1) is 0 Å². The average molecular weight is 576 g/mol. The van der Waals surface area contributed by atoms with Crippen LogP contribution in [0, 0.1) is 0 Å². The fourth-order valence-corrected chi connectivity index (χ4v) is 2.99. The molecule has 0 aliphatic rings. The van der Waals surface area contributed by atoms with E-state index in [2.05, 4.69) is 10.1 Å². The summed E-state index contributed by atoms with van der Waals surface area (Å²) in [5, 5.41) is 9.59. The molecule has 1 amide bonds. The molecule has 16 heteroatoms. The third-order valence-corrected chi connectivity index (χ3v) is 4.76. The Hall–Kier alpha value is -3.98.